The van der Waals surface area contributed by atoms with Crippen LogP contribution >= 0.6 is 15.9 Å². The minimum absolute atomic E-state index is 0.294. The molecule has 1 aliphatic rings. The molecule has 1 saturated carbocycles. The van der Waals surface area contributed by atoms with E-state index >= 15 is 0 Å². The van der Waals surface area contributed by atoms with E-state index in [0.29, 0.717) is 18.6 Å². The zero-order valence-corrected chi connectivity index (χ0v) is 10.5. The summed E-state index contributed by atoms with van der Waals surface area (Å²) < 4.78 is 1.04. The Balaban J connectivity index is 1.97. The van der Waals surface area contributed by atoms with E-state index in [1.165, 1.54) is 0 Å². The Morgan fingerprint density at radius 1 is 1.19 bits per heavy atom. The lowest BCUT2D eigenvalue weighted by molar-refractivity contribution is -0.118. The number of rotatable bonds is 2. The SMILES string of the molecule is O=C1CCCC(=NNc2ccc(Br)cc2)C1. The highest BCUT2D eigenvalue weighted by molar-refractivity contribution is 9.10. The highest BCUT2D eigenvalue weighted by atomic mass is 79.9. The van der Waals surface area contributed by atoms with Gasteiger partial charge in [0.25, 0.3) is 0 Å². The molecular weight excluding hydrogens is 268 g/mol. The summed E-state index contributed by atoms with van der Waals surface area (Å²) in [5, 5.41) is 4.26. The Morgan fingerprint density at radius 3 is 2.62 bits per heavy atom. The maximum atomic E-state index is 11.2. The molecule has 1 fully saturated rings. The molecule has 1 aliphatic carbocycles. The first-order valence-electron chi connectivity index (χ1n) is 5.33. The molecule has 0 bridgehead atoms. The molecule has 1 N–H and O–H groups in total. The van der Waals surface area contributed by atoms with E-state index in [2.05, 4.69) is 26.5 Å². The lowest BCUT2D eigenvalue weighted by Crippen LogP contribution is -2.15. The lowest BCUT2D eigenvalue weighted by atomic mass is 9.97. The number of ketones is 1. The molecule has 1 aromatic rings. The molecule has 0 aromatic heterocycles. The summed E-state index contributed by atoms with van der Waals surface area (Å²) in [5.41, 5.74) is 4.87. The van der Waals surface area contributed by atoms with Crippen molar-refractivity contribution < 1.29 is 4.79 Å². The van der Waals surface area contributed by atoms with Gasteiger partial charge in [-0.3, -0.25) is 10.2 Å². The monoisotopic (exact) mass is 280 g/mol. The Hall–Kier alpha value is -1.16. The summed E-state index contributed by atoms with van der Waals surface area (Å²) >= 11 is 3.37. The number of benzene rings is 1. The van der Waals surface area contributed by atoms with Gasteiger partial charge in [0.15, 0.2) is 0 Å². The number of carbonyl (C=O) groups is 1. The molecule has 0 atom stereocenters. The number of carbonyl (C=O) groups excluding carboxylic acids is 1. The summed E-state index contributed by atoms with van der Waals surface area (Å²) in [4.78, 5) is 11.2. The predicted octanol–water partition coefficient (Wildman–Crippen LogP) is 3.36. The largest absolute Gasteiger partial charge is 0.299 e. The van der Waals surface area contributed by atoms with Gasteiger partial charge >= 0.3 is 0 Å². The molecule has 16 heavy (non-hydrogen) atoms. The normalized spacial score (nSPS) is 18.8. The number of nitrogens with one attached hydrogen (secondary N) is 1. The Labute approximate surface area is 103 Å². The molecule has 0 amide bonds. The van der Waals surface area contributed by atoms with Crippen molar-refractivity contribution >= 4 is 33.1 Å². The van der Waals surface area contributed by atoms with Gasteiger partial charge in [-0.05, 0) is 37.1 Å². The van der Waals surface area contributed by atoms with E-state index in [1.54, 1.807) is 0 Å². The van der Waals surface area contributed by atoms with Crippen molar-refractivity contribution in [3.05, 3.63) is 28.7 Å². The van der Waals surface area contributed by atoms with Gasteiger partial charge in [-0.1, -0.05) is 15.9 Å². The van der Waals surface area contributed by atoms with Crippen LogP contribution in [0.15, 0.2) is 33.8 Å². The van der Waals surface area contributed by atoms with Crippen molar-refractivity contribution in [1.82, 2.24) is 0 Å². The molecule has 0 heterocycles. The Bertz CT molecular complexity index is 412. The number of hydrogen-bond acceptors (Lipinski definition) is 3. The van der Waals surface area contributed by atoms with E-state index in [0.717, 1.165) is 28.7 Å². The molecule has 0 radical (unpaired) electrons. The third-order valence-electron chi connectivity index (χ3n) is 2.51. The molecule has 2 rings (SSSR count). The van der Waals surface area contributed by atoms with E-state index < -0.39 is 0 Å². The van der Waals surface area contributed by atoms with E-state index in [-0.39, 0.29) is 0 Å². The van der Waals surface area contributed by atoms with Crippen molar-refractivity contribution in [1.29, 1.82) is 0 Å². The molecule has 1 aromatic carbocycles. The van der Waals surface area contributed by atoms with Gasteiger partial charge in [-0.15, -0.1) is 0 Å². The van der Waals surface area contributed by atoms with Crippen molar-refractivity contribution in [2.45, 2.75) is 25.7 Å². The van der Waals surface area contributed by atoms with E-state index in [4.69, 9.17) is 0 Å². The number of hydrogen-bond donors (Lipinski definition) is 1. The average molecular weight is 281 g/mol. The maximum Gasteiger partial charge on any atom is 0.138 e. The van der Waals surface area contributed by atoms with Crippen LogP contribution in [-0.2, 0) is 4.79 Å². The van der Waals surface area contributed by atoms with Crippen LogP contribution in [0, 0.1) is 0 Å². The van der Waals surface area contributed by atoms with Crippen LogP contribution in [0.2, 0.25) is 0 Å². The smallest absolute Gasteiger partial charge is 0.138 e. The zero-order chi connectivity index (χ0) is 11.4. The highest BCUT2D eigenvalue weighted by Crippen LogP contribution is 2.16. The molecule has 0 aliphatic heterocycles. The number of hydrazone groups is 1. The fourth-order valence-electron chi connectivity index (χ4n) is 1.66. The first-order valence-corrected chi connectivity index (χ1v) is 6.12. The minimum Gasteiger partial charge on any atom is -0.299 e. The topological polar surface area (TPSA) is 41.5 Å². The van der Waals surface area contributed by atoms with Crippen LogP contribution in [0.4, 0.5) is 5.69 Å². The van der Waals surface area contributed by atoms with Crippen LogP contribution in [0.25, 0.3) is 0 Å². The van der Waals surface area contributed by atoms with Crippen LogP contribution < -0.4 is 5.43 Å². The second kappa shape index (κ2) is 5.25. The highest BCUT2D eigenvalue weighted by Gasteiger charge is 2.14. The predicted molar refractivity (Wildman–Crippen MR) is 68.7 cm³/mol. The van der Waals surface area contributed by atoms with Gasteiger partial charge in [0, 0.05) is 23.0 Å². The standard InChI is InChI=1S/C12H13BrN2O/c13-9-4-6-10(7-5-9)14-15-11-2-1-3-12(16)8-11/h4-7,14H,1-3,8H2. The third kappa shape index (κ3) is 3.17. The van der Waals surface area contributed by atoms with Gasteiger partial charge in [0.2, 0.25) is 0 Å². The molecular formula is C12H13BrN2O. The van der Waals surface area contributed by atoms with E-state index in [9.17, 15) is 4.79 Å². The molecule has 84 valence electrons. The van der Waals surface area contributed by atoms with Crippen LogP contribution in [0.3, 0.4) is 0 Å². The Morgan fingerprint density at radius 2 is 1.94 bits per heavy atom. The van der Waals surface area contributed by atoms with Crippen LogP contribution in [0.5, 0.6) is 0 Å². The summed E-state index contributed by atoms with van der Waals surface area (Å²) in [6.45, 7) is 0. The van der Waals surface area contributed by atoms with Gasteiger partial charge in [-0.2, -0.15) is 5.10 Å². The van der Waals surface area contributed by atoms with Crippen molar-refractivity contribution in [3.63, 3.8) is 0 Å². The third-order valence-corrected chi connectivity index (χ3v) is 3.04. The molecule has 0 spiro atoms. The quantitative estimate of drug-likeness (QED) is 0.844. The Kier molecular flexibility index (Phi) is 3.72. The first-order chi connectivity index (χ1) is 7.74. The van der Waals surface area contributed by atoms with Gasteiger partial charge in [0.1, 0.15) is 5.78 Å². The maximum absolute atomic E-state index is 11.2. The first kappa shape index (κ1) is 11.3. The molecule has 4 heteroatoms. The number of halogens is 1. The number of nitrogens with zero attached hydrogens (tertiary/aromatic N) is 1. The zero-order valence-electron chi connectivity index (χ0n) is 8.87. The van der Waals surface area contributed by atoms with Gasteiger partial charge < -0.3 is 0 Å². The summed E-state index contributed by atoms with van der Waals surface area (Å²) in [6.07, 6.45) is 3.07. The molecule has 0 unspecified atom stereocenters. The minimum atomic E-state index is 0.294. The summed E-state index contributed by atoms with van der Waals surface area (Å²) in [5.74, 6) is 0.294. The van der Waals surface area contributed by atoms with Crippen LogP contribution in [0.1, 0.15) is 25.7 Å². The summed E-state index contributed by atoms with van der Waals surface area (Å²) in [7, 11) is 0. The van der Waals surface area contributed by atoms with Crippen molar-refractivity contribution in [3.8, 4) is 0 Å². The van der Waals surface area contributed by atoms with Crippen molar-refractivity contribution in [2.75, 3.05) is 5.43 Å². The van der Waals surface area contributed by atoms with Crippen molar-refractivity contribution in [2.24, 2.45) is 5.10 Å². The summed E-state index contributed by atoms with van der Waals surface area (Å²) in [6, 6.07) is 7.79. The van der Waals surface area contributed by atoms with Gasteiger partial charge in [0.05, 0.1) is 5.69 Å². The molecule has 3 nitrogen and oxygen atoms in total. The second-order valence-corrected chi connectivity index (χ2v) is 4.78. The number of anilines is 1. The van der Waals surface area contributed by atoms with Gasteiger partial charge in [-0.25, -0.2) is 0 Å². The lowest BCUT2D eigenvalue weighted by Gasteiger charge is -2.11. The molecule has 0 saturated heterocycles. The fraction of sp³-hybridized carbons (Fsp3) is 0.333. The van der Waals surface area contributed by atoms with E-state index in [1.807, 2.05) is 24.3 Å². The van der Waals surface area contributed by atoms with Crippen LogP contribution in [-0.4, -0.2) is 11.5 Å². The number of Topliss-reactive ketones (excluding diaryl/α,β-unsaturated/α-hetero) is 1. The average Bonchev–Trinajstić information content (AvgIpc) is 2.28. The second-order valence-electron chi connectivity index (χ2n) is 3.87. The fourth-order valence-corrected chi connectivity index (χ4v) is 1.92.